The topological polar surface area (TPSA) is 116 Å². The Morgan fingerprint density at radius 1 is 1.23 bits per heavy atom. The maximum atomic E-state index is 12.4. The summed E-state index contributed by atoms with van der Waals surface area (Å²) in [5.41, 5.74) is 0.153. The van der Waals surface area contributed by atoms with Gasteiger partial charge in [0.1, 0.15) is 5.75 Å². The monoisotopic (exact) mass is 408 g/mol. The first-order valence-corrected chi connectivity index (χ1v) is 9.22. The molecule has 0 spiro atoms. The lowest BCUT2D eigenvalue weighted by atomic mass is 10.2. The molecule has 0 atom stereocenters. The van der Waals surface area contributed by atoms with E-state index >= 15 is 0 Å². The summed E-state index contributed by atoms with van der Waals surface area (Å²) in [6, 6.07) is 11.8. The first-order chi connectivity index (χ1) is 14.3. The number of nitro groups is 1. The lowest BCUT2D eigenvalue weighted by molar-refractivity contribution is -0.384. The molecule has 2 aromatic carbocycles. The molecule has 0 saturated heterocycles. The predicted octanol–water partition coefficient (Wildman–Crippen LogP) is 3.85. The van der Waals surface area contributed by atoms with Crippen LogP contribution in [0.25, 0.3) is 0 Å². The van der Waals surface area contributed by atoms with Gasteiger partial charge in [0.25, 0.3) is 17.5 Å². The number of carbonyl (C=O) groups is 1. The number of nitro benzene ring substituents is 1. The highest BCUT2D eigenvalue weighted by Gasteiger charge is 2.12. The molecule has 30 heavy (non-hydrogen) atoms. The molecular formula is C21H20N4O5. The van der Waals surface area contributed by atoms with Crippen molar-refractivity contribution in [2.75, 3.05) is 5.32 Å². The number of rotatable bonds is 7. The zero-order chi connectivity index (χ0) is 21.7. The second-order valence-corrected chi connectivity index (χ2v) is 6.97. The maximum absolute atomic E-state index is 12.4. The molecule has 0 aliphatic heterocycles. The standard InChI is InChI=1S/C21H20N4O5/c1-14(2)13-24-11-10-22-20(21(24)27)30-18-8-6-16(7-9-18)23-19(26)15-4-3-5-17(12-15)25(28)29/h3-12,14H,13H2,1-2H3,(H,23,26). The van der Waals surface area contributed by atoms with E-state index in [1.165, 1.54) is 30.5 Å². The Kier molecular flexibility index (Phi) is 6.21. The van der Waals surface area contributed by atoms with Crippen LogP contribution in [0.15, 0.2) is 65.7 Å². The van der Waals surface area contributed by atoms with Gasteiger partial charge in [0.15, 0.2) is 0 Å². The number of benzene rings is 2. The molecule has 0 saturated carbocycles. The van der Waals surface area contributed by atoms with Crippen molar-refractivity contribution in [3.8, 4) is 11.6 Å². The smallest absolute Gasteiger partial charge is 0.313 e. The molecule has 154 valence electrons. The molecule has 9 nitrogen and oxygen atoms in total. The number of aromatic nitrogens is 2. The molecule has 3 aromatic rings. The van der Waals surface area contributed by atoms with Crippen LogP contribution in [0, 0.1) is 16.0 Å². The molecule has 0 fully saturated rings. The number of non-ortho nitro benzene ring substituents is 1. The van der Waals surface area contributed by atoms with E-state index in [-0.39, 0.29) is 22.7 Å². The average Bonchev–Trinajstić information content (AvgIpc) is 2.72. The summed E-state index contributed by atoms with van der Waals surface area (Å²) in [5, 5.41) is 13.5. The van der Waals surface area contributed by atoms with E-state index in [2.05, 4.69) is 10.3 Å². The second kappa shape index (κ2) is 8.99. The first-order valence-electron chi connectivity index (χ1n) is 9.22. The Morgan fingerprint density at radius 2 is 1.97 bits per heavy atom. The van der Waals surface area contributed by atoms with Gasteiger partial charge in [-0.25, -0.2) is 4.98 Å². The van der Waals surface area contributed by atoms with Crippen molar-refractivity contribution in [1.82, 2.24) is 9.55 Å². The van der Waals surface area contributed by atoms with E-state index in [1.54, 1.807) is 35.0 Å². The van der Waals surface area contributed by atoms with Gasteiger partial charge in [-0.15, -0.1) is 0 Å². The number of nitrogens with one attached hydrogen (secondary N) is 1. The molecular weight excluding hydrogens is 388 g/mol. The van der Waals surface area contributed by atoms with Crippen molar-refractivity contribution in [2.45, 2.75) is 20.4 Å². The normalized spacial score (nSPS) is 10.6. The summed E-state index contributed by atoms with van der Waals surface area (Å²) in [6.07, 6.45) is 3.12. The van der Waals surface area contributed by atoms with Crippen molar-refractivity contribution in [2.24, 2.45) is 5.92 Å². The van der Waals surface area contributed by atoms with E-state index in [1.807, 2.05) is 13.8 Å². The first kappa shape index (κ1) is 20.7. The van der Waals surface area contributed by atoms with Crippen LogP contribution in [0.2, 0.25) is 0 Å². The third-order valence-electron chi connectivity index (χ3n) is 4.09. The van der Waals surface area contributed by atoms with Crippen molar-refractivity contribution < 1.29 is 14.5 Å². The van der Waals surface area contributed by atoms with E-state index in [9.17, 15) is 19.7 Å². The van der Waals surface area contributed by atoms with Crippen LogP contribution in [0.4, 0.5) is 11.4 Å². The maximum Gasteiger partial charge on any atom is 0.313 e. The van der Waals surface area contributed by atoms with Crippen LogP contribution in [-0.2, 0) is 6.54 Å². The van der Waals surface area contributed by atoms with Crippen molar-refractivity contribution in [1.29, 1.82) is 0 Å². The highest BCUT2D eigenvalue weighted by molar-refractivity contribution is 6.04. The van der Waals surface area contributed by atoms with Gasteiger partial charge in [-0.2, -0.15) is 0 Å². The third kappa shape index (κ3) is 5.07. The lowest BCUT2D eigenvalue weighted by Crippen LogP contribution is -2.23. The highest BCUT2D eigenvalue weighted by Crippen LogP contribution is 2.21. The van der Waals surface area contributed by atoms with Gasteiger partial charge in [-0.1, -0.05) is 19.9 Å². The summed E-state index contributed by atoms with van der Waals surface area (Å²) in [5.74, 6) is 0.169. The van der Waals surface area contributed by atoms with Crippen LogP contribution in [-0.4, -0.2) is 20.4 Å². The van der Waals surface area contributed by atoms with Crippen molar-refractivity contribution >= 4 is 17.3 Å². The van der Waals surface area contributed by atoms with Crippen molar-refractivity contribution in [3.05, 3.63) is 87.0 Å². The quantitative estimate of drug-likeness (QED) is 0.469. The molecule has 1 aromatic heterocycles. The Morgan fingerprint density at radius 3 is 2.63 bits per heavy atom. The van der Waals surface area contributed by atoms with Gasteiger partial charge in [0.05, 0.1) is 4.92 Å². The van der Waals surface area contributed by atoms with E-state index < -0.39 is 10.8 Å². The molecule has 9 heteroatoms. The number of ether oxygens (including phenoxy) is 1. The van der Waals surface area contributed by atoms with Gasteiger partial charge in [0.2, 0.25) is 0 Å². The summed E-state index contributed by atoms with van der Waals surface area (Å²) in [7, 11) is 0. The minimum Gasteiger partial charge on any atom is -0.435 e. The minimum absolute atomic E-state index is 0.0356. The predicted molar refractivity (Wildman–Crippen MR) is 111 cm³/mol. The molecule has 1 heterocycles. The van der Waals surface area contributed by atoms with Gasteiger partial charge >= 0.3 is 5.56 Å². The zero-order valence-electron chi connectivity index (χ0n) is 16.4. The molecule has 0 aliphatic carbocycles. The van der Waals surface area contributed by atoms with Gasteiger partial charge in [0, 0.05) is 42.3 Å². The molecule has 1 N–H and O–H groups in total. The summed E-state index contributed by atoms with van der Waals surface area (Å²) >= 11 is 0. The van der Waals surface area contributed by atoms with Gasteiger partial charge in [-0.05, 0) is 36.2 Å². The summed E-state index contributed by atoms with van der Waals surface area (Å²) < 4.78 is 7.13. The second-order valence-electron chi connectivity index (χ2n) is 6.97. The summed E-state index contributed by atoms with van der Waals surface area (Å²) in [6.45, 7) is 4.57. The molecule has 0 unspecified atom stereocenters. The number of hydrogen-bond acceptors (Lipinski definition) is 6. The Labute approximate surface area is 172 Å². The molecule has 3 rings (SSSR count). The van der Waals surface area contributed by atoms with Crippen molar-refractivity contribution in [3.63, 3.8) is 0 Å². The molecule has 1 amide bonds. The summed E-state index contributed by atoms with van der Waals surface area (Å²) in [4.78, 5) is 39.0. The van der Waals surface area contributed by atoms with Crippen LogP contribution >= 0.6 is 0 Å². The fourth-order valence-electron chi connectivity index (χ4n) is 2.72. The number of amides is 1. The number of anilines is 1. The molecule has 0 aliphatic rings. The molecule has 0 radical (unpaired) electrons. The Balaban J connectivity index is 1.70. The van der Waals surface area contributed by atoms with Crippen LogP contribution in [0.5, 0.6) is 11.6 Å². The van der Waals surface area contributed by atoms with E-state index in [4.69, 9.17) is 4.74 Å². The van der Waals surface area contributed by atoms with Gasteiger partial charge < -0.3 is 14.6 Å². The third-order valence-corrected chi connectivity index (χ3v) is 4.09. The number of hydrogen-bond donors (Lipinski definition) is 1. The van der Waals surface area contributed by atoms with Crippen LogP contribution in [0.1, 0.15) is 24.2 Å². The number of carbonyl (C=O) groups excluding carboxylic acids is 1. The fraction of sp³-hybridized carbons (Fsp3) is 0.190. The zero-order valence-corrected chi connectivity index (χ0v) is 16.4. The van der Waals surface area contributed by atoms with E-state index in [0.717, 1.165) is 0 Å². The SMILES string of the molecule is CC(C)Cn1ccnc(Oc2ccc(NC(=O)c3cccc([N+](=O)[O-])c3)cc2)c1=O. The number of nitrogens with zero attached hydrogens (tertiary/aromatic N) is 3. The van der Waals surface area contributed by atoms with E-state index in [0.29, 0.717) is 23.9 Å². The minimum atomic E-state index is -0.560. The Bertz CT molecular complexity index is 1120. The highest BCUT2D eigenvalue weighted by atomic mass is 16.6. The van der Waals surface area contributed by atoms with Gasteiger partial charge in [-0.3, -0.25) is 19.7 Å². The largest absolute Gasteiger partial charge is 0.435 e. The lowest BCUT2D eigenvalue weighted by Gasteiger charge is -2.10. The molecule has 0 bridgehead atoms. The average molecular weight is 408 g/mol. The van der Waals surface area contributed by atoms with Crippen LogP contribution < -0.4 is 15.6 Å². The fourth-order valence-corrected chi connectivity index (χ4v) is 2.72. The Hall–Kier alpha value is -4.01. The van der Waals surface area contributed by atoms with Crippen LogP contribution in [0.3, 0.4) is 0 Å².